The first-order chi connectivity index (χ1) is 15.7. The van der Waals surface area contributed by atoms with Gasteiger partial charge in [-0.3, -0.25) is 4.79 Å². The number of aromatic nitrogens is 2. The summed E-state index contributed by atoms with van der Waals surface area (Å²) >= 11 is 3.22. The second kappa shape index (κ2) is 10.4. The number of alkyl carbamates (subject to hydrolysis) is 1. The van der Waals surface area contributed by atoms with Crippen LogP contribution in [0.5, 0.6) is 5.75 Å². The lowest BCUT2D eigenvalue weighted by Crippen LogP contribution is -2.34. The van der Waals surface area contributed by atoms with Crippen molar-refractivity contribution >= 4 is 56.5 Å². The number of nitrogens with zero attached hydrogens (tertiary/aromatic N) is 2. The van der Waals surface area contributed by atoms with E-state index in [9.17, 15) is 14.0 Å². The molecule has 9 nitrogen and oxygen atoms in total. The summed E-state index contributed by atoms with van der Waals surface area (Å²) in [5.41, 5.74) is 0.506. The van der Waals surface area contributed by atoms with Crippen LogP contribution in [0.25, 0.3) is 10.9 Å². The molecule has 1 aromatic heterocycles. The van der Waals surface area contributed by atoms with Crippen LogP contribution in [0.2, 0.25) is 0 Å². The van der Waals surface area contributed by atoms with E-state index in [0.717, 1.165) is 0 Å². The number of fused-ring (bicyclic) bond motifs is 1. The van der Waals surface area contributed by atoms with Gasteiger partial charge < -0.3 is 25.4 Å². The molecule has 0 aliphatic carbocycles. The van der Waals surface area contributed by atoms with E-state index in [1.54, 1.807) is 45.0 Å². The average molecular weight is 520 g/mol. The number of rotatable bonds is 8. The molecule has 3 rings (SSSR count). The van der Waals surface area contributed by atoms with E-state index in [4.69, 9.17) is 9.47 Å². The highest BCUT2D eigenvalue weighted by Gasteiger charge is 2.16. The van der Waals surface area contributed by atoms with Crippen LogP contribution in [-0.4, -0.2) is 41.2 Å². The number of nitrogens with one attached hydrogen (secondary N) is 3. The van der Waals surface area contributed by atoms with Crippen molar-refractivity contribution in [2.24, 2.45) is 0 Å². The summed E-state index contributed by atoms with van der Waals surface area (Å²) in [7, 11) is 0. The Kier molecular flexibility index (Phi) is 7.64. The van der Waals surface area contributed by atoms with E-state index in [2.05, 4.69) is 41.8 Å². The molecule has 11 heteroatoms. The van der Waals surface area contributed by atoms with Crippen molar-refractivity contribution in [1.82, 2.24) is 15.3 Å². The number of carbonyl (C=O) groups is 2. The van der Waals surface area contributed by atoms with E-state index >= 15 is 0 Å². The molecular weight excluding hydrogens is 497 g/mol. The van der Waals surface area contributed by atoms with Gasteiger partial charge in [-0.05, 0) is 45.0 Å². The van der Waals surface area contributed by atoms with Crippen molar-refractivity contribution in [3.05, 3.63) is 46.9 Å². The molecule has 0 aliphatic heterocycles. The molecule has 0 saturated heterocycles. The van der Waals surface area contributed by atoms with Crippen LogP contribution in [0, 0.1) is 5.82 Å². The molecule has 0 radical (unpaired) electrons. The Balaban J connectivity index is 1.79. The van der Waals surface area contributed by atoms with Crippen LogP contribution in [0.15, 0.2) is 41.1 Å². The van der Waals surface area contributed by atoms with E-state index in [0.29, 0.717) is 39.0 Å². The fourth-order valence-electron chi connectivity index (χ4n) is 2.83. The minimum atomic E-state index is -0.602. The molecule has 0 aliphatic rings. The van der Waals surface area contributed by atoms with Gasteiger partial charge in [-0.15, -0.1) is 0 Å². The molecular formula is C22H23BrFN5O4. The maximum atomic E-state index is 14.3. The van der Waals surface area contributed by atoms with Crippen molar-refractivity contribution in [2.45, 2.75) is 26.4 Å². The normalized spacial score (nSPS) is 11.1. The summed E-state index contributed by atoms with van der Waals surface area (Å²) in [5, 5.41) is 8.66. The Bertz CT molecular complexity index is 1170. The highest BCUT2D eigenvalue weighted by molar-refractivity contribution is 9.10. The molecule has 0 unspecified atom stereocenters. The summed E-state index contributed by atoms with van der Waals surface area (Å²) in [4.78, 5) is 31.3. The number of hydrogen-bond donors (Lipinski definition) is 3. The summed E-state index contributed by atoms with van der Waals surface area (Å²) in [5.74, 6) is 0.244. The molecule has 33 heavy (non-hydrogen) atoms. The highest BCUT2D eigenvalue weighted by Crippen LogP contribution is 2.33. The molecule has 3 aromatic rings. The zero-order valence-electron chi connectivity index (χ0n) is 18.2. The molecule has 2 amide bonds. The smallest absolute Gasteiger partial charge is 0.407 e. The average Bonchev–Trinajstić information content (AvgIpc) is 2.72. The van der Waals surface area contributed by atoms with Crippen molar-refractivity contribution in [2.75, 3.05) is 23.8 Å². The largest absolute Gasteiger partial charge is 0.489 e. The Labute approximate surface area is 198 Å². The molecule has 0 saturated carbocycles. The second-order valence-electron chi connectivity index (χ2n) is 7.88. The summed E-state index contributed by atoms with van der Waals surface area (Å²) in [6.07, 6.45) is 1.29. The van der Waals surface area contributed by atoms with Gasteiger partial charge in [0.25, 0.3) is 0 Å². The van der Waals surface area contributed by atoms with Gasteiger partial charge in [0.1, 0.15) is 35.9 Å². The predicted octanol–water partition coefficient (Wildman–Crippen LogP) is 4.75. The van der Waals surface area contributed by atoms with Gasteiger partial charge in [-0.1, -0.05) is 15.9 Å². The Morgan fingerprint density at radius 2 is 1.97 bits per heavy atom. The van der Waals surface area contributed by atoms with Gasteiger partial charge in [-0.25, -0.2) is 19.2 Å². The number of benzene rings is 2. The number of carbonyl (C=O) groups excluding carboxylic acids is 2. The van der Waals surface area contributed by atoms with Gasteiger partial charge >= 0.3 is 6.09 Å². The number of ether oxygens (including phenoxy) is 2. The van der Waals surface area contributed by atoms with E-state index < -0.39 is 17.5 Å². The van der Waals surface area contributed by atoms with Gasteiger partial charge in [-0.2, -0.15) is 0 Å². The lowest BCUT2D eigenvalue weighted by Gasteiger charge is -2.19. The zero-order chi connectivity index (χ0) is 24.0. The van der Waals surface area contributed by atoms with E-state index in [1.165, 1.54) is 12.4 Å². The maximum absolute atomic E-state index is 14.3. The first-order valence-electron chi connectivity index (χ1n) is 9.97. The summed E-state index contributed by atoms with van der Waals surface area (Å²) < 4.78 is 25.8. The number of anilines is 3. The van der Waals surface area contributed by atoms with E-state index in [-0.39, 0.29) is 18.8 Å². The summed E-state index contributed by atoms with van der Waals surface area (Å²) in [6.45, 7) is 5.62. The van der Waals surface area contributed by atoms with Gasteiger partial charge in [0.05, 0.1) is 23.4 Å². The molecule has 0 fully saturated rings. The third kappa shape index (κ3) is 6.75. The fraction of sp³-hybridized carbons (Fsp3) is 0.273. The zero-order valence-corrected chi connectivity index (χ0v) is 19.8. The van der Waals surface area contributed by atoms with Gasteiger partial charge in [0.15, 0.2) is 0 Å². The van der Waals surface area contributed by atoms with Crippen LogP contribution in [-0.2, 0) is 9.53 Å². The molecule has 0 atom stereocenters. The summed E-state index contributed by atoms with van der Waals surface area (Å²) in [6, 6.07) is 7.86. The second-order valence-corrected chi connectivity index (χ2v) is 8.79. The minimum absolute atomic E-state index is 0.124. The Morgan fingerprint density at radius 3 is 2.67 bits per heavy atom. The van der Waals surface area contributed by atoms with Crippen LogP contribution in [0.3, 0.4) is 0 Å². The topological polar surface area (TPSA) is 114 Å². The monoisotopic (exact) mass is 519 g/mol. The molecule has 0 bridgehead atoms. The first-order valence-corrected chi connectivity index (χ1v) is 10.8. The Hall–Kier alpha value is -3.47. The number of hydrogen-bond acceptors (Lipinski definition) is 7. The maximum Gasteiger partial charge on any atom is 0.407 e. The van der Waals surface area contributed by atoms with Gasteiger partial charge in [0, 0.05) is 15.9 Å². The standard InChI is InChI=1S/C22H23BrFN5O4/c1-22(2,3)33-21(31)25-6-7-32-19-10-17-14(9-18(19)28-12-30)20(27-11-26-17)29-16-5-4-13(23)8-15(16)24/h4-5,8-12H,6-7H2,1-3H3,(H,25,31)(H,28,30)(H,26,27,29). The Morgan fingerprint density at radius 1 is 1.18 bits per heavy atom. The third-order valence-corrected chi connectivity index (χ3v) is 4.66. The highest BCUT2D eigenvalue weighted by atomic mass is 79.9. The molecule has 0 spiro atoms. The van der Waals surface area contributed by atoms with Crippen LogP contribution in [0.4, 0.5) is 26.4 Å². The van der Waals surface area contributed by atoms with Crippen molar-refractivity contribution in [1.29, 1.82) is 0 Å². The van der Waals surface area contributed by atoms with E-state index in [1.807, 2.05) is 0 Å². The third-order valence-electron chi connectivity index (χ3n) is 4.16. The van der Waals surface area contributed by atoms with Crippen LogP contribution >= 0.6 is 15.9 Å². The van der Waals surface area contributed by atoms with Crippen molar-refractivity contribution in [3.63, 3.8) is 0 Å². The predicted molar refractivity (Wildman–Crippen MR) is 126 cm³/mol. The fourth-order valence-corrected chi connectivity index (χ4v) is 3.16. The van der Waals surface area contributed by atoms with Crippen LogP contribution < -0.4 is 20.7 Å². The molecule has 3 N–H and O–H groups in total. The van der Waals surface area contributed by atoms with Crippen LogP contribution in [0.1, 0.15) is 20.8 Å². The lowest BCUT2D eigenvalue weighted by atomic mass is 10.2. The SMILES string of the molecule is CC(C)(C)OC(=O)NCCOc1cc2ncnc(Nc3ccc(Br)cc3F)c2cc1NC=O. The van der Waals surface area contributed by atoms with Gasteiger partial charge in [0.2, 0.25) is 6.41 Å². The number of halogens is 2. The molecule has 1 heterocycles. The van der Waals surface area contributed by atoms with Crippen molar-refractivity contribution in [3.8, 4) is 5.75 Å². The molecule has 174 valence electrons. The number of amides is 2. The van der Waals surface area contributed by atoms with Crippen molar-refractivity contribution < 1.29 is 23.5 Å². The minimum Gasteiger partial charge on any atom is -0.489 e. The quantitative estimate of drug-likeness (QED) is 0.290. The lowest BCUT2D eigenvalue weighted by molar-refractivity contribution is -0.105. The molecule has 2 aromatic carbocycles. The first kappa shape index (κ1) is 24.2.